The number of aromatic nitrogens is 4. The van der Waals surface area contributed by atoms with Crippen molar-refractivity contribution in [2.24, 2.45) is 0 Å². The van der Waals surface area contributed by atoms with Crippen LogP contribution in [-0.4, -0.2) is 37.1 Å². The van der Waals surface area contributed by atoms with E-state index in [-0.39, 0.29) is 5.69 Å². The molecule has 0 atom stereocenters. The Morgan fingerprint density at radius 1 is 1.42 bits per heavy atom. The highest BCUT2D eigenvalue weighted by molar-refractivity contribution is 5.84. The van der Waals surface area contributed by atoms with Crippen molar-refractivity contribution in [3.05, 3.63) is 35.8 Å². The highest BCUT2D eigenvalue weighted by atomic mass is 16.4. The molecule has 2 aromatic heterocycles. The monoisotopic (exact) mass is 261 g/mol. The first kappa shape index (κ1) is 13.0. The zero-order chi connectivity index (χ0) is 13.8. The summed E-state index contributed by atoms with van der Waals surface area (Å²) in [5, 5.41) is 11.9. The van der Waals surface area contributed by atoms with E-state index in [4.69, 9.17) is 5.11 Å². The van der Waals surface area contributed by atoms with E-state index < -0.39 is 5.97 Å². The Morgan fingerprint density at radius 3 is 2.89 bits per heavy atom. The summed E-state index contributed by atoms with van der Waals surface area (Å²) < 4.78 is 1.72. The van der Waals surface area contributed by atoms with Gasteiger partial charge in [0, 0.05) is 25.5 Å². The number of hydrogen-bond acceptors (Lipinski definition) is 5. The largest absolute Gasteiger partial charge is 0.476 e. The summed E-state index contributed by atoms with van der Waals surface area (Å²) in [5.41, 5.74) is 1.73. The molecule has 2 rings (SSSR count). The van der Waals surface area contributed by atoms with Gasteiger partial charge in [-0.2, -0.15) is 0 Å². The van der Waals surface area contributed by atoms with Gasteiger partial charge in [-0.3, -0.25) is 4.98 Å². The average molecular weight is 261 g/mol. The first-order chi connectivity index (χ1) is 9.06. The molecule has 0 radical (unpaired) electrons. The van der Waals surface area contributed by atoms with Crippen molar-refractivity contribution >= 4 is 11.8 Å². The lowest BCUT2D eigenvalue weighted by atomic mass is 10.4. The molecule has 100 valence electrons. The molecular formula is C12H15N5O2. The van der Waals surface area contributed by atoms with E-state index in [1.165, 1.54) is 12.5 Å². The second-order valence-electron chi connectivity index (χ2n) is 4.17. The van der Waals surface area contributed by atoms with Gasteiger partial charge in [0.1, 0.15) is 5.82 Å². The van der Waals surface area contributed by atoms with E-state index in [0.717, 1.165) is 17.2 Å². The number of anilines is 1. The molecule has 0 saturated heterocycles. The number of aromatic carboxylic acids is 1. The van der Waals surface area contributed by atoms with Gasteiger partial charge in [0.2, 0.25) is 0 Å². The highest BCUT2D eigenvalue weighted by Crippen LogP contribution is 2.08. The number of carboxylic acid groups (broad SMARTS) is 1. The second-order valence-corrected chi connectivity index (χ2v) is 4.17. The van der Waals surface area contributed by atoms with Gasteiger partial charge in [-0.25, -0.2) is 14.8 Å². The molecule has 0 fully saturated rings. The van der Waals surface area contributed by atoms with Crippen molar-refractivity contribution < 1.29 is 9.90 Å². The van der Waals surface area contributed by atoms with Crippen molar-refractivity contribution in [1.29, 1.82) is 0 Å². The van der Waals surface area contributed by atoms with Gasteiger partial charge < -0.3 is 15.0 Å². The molecule has 0 aliphatic heterocycles. The Labute approximate surface area is 110 Å². The molecule has 19 heavy (non-hydrogen) atoms. The minimum Gasteiger partial charge on any atom is -0.476 e. The lowest BCUT2D eigenvalue weighted by molar-refractivity contribution is 0.0691. The summed E-state index contributed by atoms with van der Waals surface area (Å²) in [6.07, 6.45) is 4.72. The standard InChI is InChI=1S/C12H15N5O2/c1-8-5-14-9(2)11(16-8)13-3-4-17-6-10(12(18)19)15-7-17/h5-7H,3-4H2,1-2H3,(H,13,16)(H,18,19). The van der Waals surface area contributed by atoms with E-state index in [1.807, 2.05) is 13.8 Å². The van der Waals surface area contributed by atoms with E-state index in [0.29, 0.717) is 13.1 Å². The smallest absolute Gasteiger partial charge is 0.356 e. The summed E-state index contributed by atoms with van der Waals surface area (Å²) in [7, 11) is 0. The number of carbonyl (C=O) groups is 1. The highest BCUT2D eigenvalue weighted by Gasteiger charge is 2.06. The van der Waals surface area contributed by atoms with Crippen LogP contribution in [0.4, 0.5) is 5.82 Å². The predicted octanol–water partition coefficient (Wildman–Crippen LogP) is 1.10. The first-order valence-electron chi connectivity index (χ1n) is 5.85. The quantitative estimate of drug-likeness (QED) is 0.837. The van der Waals surface area contributed by atoms with E-state index in [9.17, 15) is 4.79 Å². The molecule has 0 aromatic carbocycles. The van der Waals surface area contributed by atoms with Crippen LogP contribution in [0.1, 0.15) is 21.9 Å². The van der Waals surface area contributed by atoms with E-state index in [1.54, 1.807) is 10.8 Å². The van der Waals surface area contributed by atoms with Crippen molar-refractivity contribution in [1.82, 2.24) is 19.5 Å². The van der Waals surface area contributed by atoms with Crippen molar-refractivity contribution in [3.8, 4) is 0 Å². The van der Waals surface area contributed by atoms with Crippen LogP contribution < -0.4 is 5.32 Å². The maximum atomic E-state index is 10.7. The fourth-order valence-electron chi connectivity index (χ4n) is 1.60. The lowest BCUT2D eigenvalue weighted by Crippen LogP contribution is -2.12. The molecule has 0 aliphatic rings. The first-order valence-corrected chi connectivity index (χ1v) is 5.85. The van der Waals surface area contributed by atoms with Gasteiger partial charge in [0.05, 0.1) is 17.7 Å². The van der Waals surface area contributed by atoms with Gasteiger partial charge in [0.25, 0.3) is 0 Å². The Kier molecular flexibility index (Phi) is 3.74. The van der Waals surface area contributed by atoms with Crippen LogP contribution in [0.15, 0.2) is 18.7 Å². The van der Waals surface area contributed by atoms with Crippen LogP contribution >= 0.6 is 0 Å². The number of nitrogens with one attached hydrogen (secondary N) is 1. The molecule has 7 nitrogen and oxygen atoms in total. The molecule has 7 heteroatoms. The lowest BCUT2D eigenvalue weighted by Gasteiger charge is -2.08. The zero-order valence-electron chi connectivity index (χ0n) is 10.8. The van der Waals surface area contributed by atoms with E-state index in [2.05, 4.69) is 20.3 Å². The topological polar surface area (TPSA) is 92.9 Å². The molecule has 0 bridgehead atoms. The van der Waals surface area contributed by atoms with E-state index >= 15 is 0 Å². The minimum absolute atomic E-state index is 0.0477. The van der Waals surface area contributed by atoms with Gasteiger partial charge in [-0.1, -0.05) is 0 Å². The van der Waals surface area contributed by atoms with Crippen LogP contribution in [0, 0.1) is 13.8 Å². The molecule has 0 saturated carbocycles. The fraction of sp³-hybridized carbons (Fsp3) is 0.333. The summed E-state index contributed by atoms with van der Waals surface area (Å²) in [5.74, 6) is -0.273. The van der Waals surface area contributed by atoms with Crippen molar-refractivity contribution in [3.63, 3.8) is 0 Å². The molecule has 0 spiro atoms. The molecule has 0 amide bonds. The second kappa shape index (κ2) is 5.47. The summed E-state index contributed by atoms with van der Waals surface area (Å²) in [4.78, 5) is 23.0. The summed E-state index contributed by atoms with van der Waals surface area (Å²) >= 11 is 0. The Balaban J connectivity index is 1.92. The number of hydrogen-bond donors (Lipinski definition) is 2. The Hall–Kier alpha value is -2.44. The Bertz CT molecular complexity index is 594. The normalized spacial score (nSPS) is 10.4. The van der Waals surface area contributed by atoms with Crippen LogP contribution in [0.2, 0.25) is 0 Å². The van der Waals surface area contributed by atoms with Crippen LogP contribution in [0.5, 0.6) is 0 Å². The number of carboxylic acids is 1. The Morgan fingerprint density at radius 2 is 2.21 bits per heavy atom. The van der Waals surface area contributed by atoms with Crippen LogP contribution in [0.3, 0.4) is 0 Å². The van der Waals surface area contributed by atoms with Gasteiger partial charge >= 0.3 is 5.97 Å². The molecule has 2 aromatic rings. The maximum absolute atomic E-state index is 10.7. The minimum atomic E-state index is -1.02. The third-order valence-corrected chi connectivity index (χ3v) is 2.59. The van der Waals surface area contributed by atoms with Gasteiger partial charge in [-0.05, 0) is 13.8 Å². The molecule has 2 heterocycles. The number of aryl methyl sites for hydroxylation is 2. The van der Waals surface area contributed by atoms with Crippen molar-refractivity contribution in [2.45, 2.75) is 20.4 Å². The number of nitrogens with zero attached hydrogens (tertiary/aromatic N) is 4. The molecule has 0 unspecified atom stereocenters. The fourth-order valence-corrected chi connectivity index (χ4v) is 1.60. The third-order valence-electron chi connectivity index (χ3n) is 2.59. The van der Waals surface area contributed by atoms with Crippen molar-refractivity contribution in [2.75, 3.05) is 11.9 Å². The summed E-state index contributed by atoms with van der Waals surface area (Å²) in [6, 6.07) is 0. The van der Waals surface area contributed by atoms with Crippen LogP contribution in [-0.2, 0) is 6.54 Å². The summed E-state index contributed by atoms with van der Waals surface area (Å²) in [6.45, 7) is 4.99. The zero-order valence-corrected chi connectivity index (χ0v) is 10.8. The molecular weight excluding hydrogens is 246 g/mol. The third kappa shape index (κ3) is 3.27. The molecule has 0 aliphatic carbocycles. The maximum Gasteiger partial charge on any atom is 0.356 e. The SMILES string of the molecule is Cc1cnc(C)c(NCCn2cnc(C(=O)O)c2)n1. The molecule has 2 N–H and O–H groups in total. The predicted molar refractivity (Wildman–Crippen MR) is 69.2 cm³/mol. The van der Waals surface area contributed by atoms with Gasteiger partial charge in [-0.15, -0.1) is 0 Å². The van der Waals surface area contributed by atoms with Gasteiger partial charge in [0.15, 0.2) is 5.69 Å². The number of imidazole rings is 1. The average Bonchev–Trinajstić information content (AvgIpc) is 2.82. The number of rotatable bonds is 5. The van der Waals surface area contributed by atoms with Crippen LogP contribution in [0.25, 0.3) is 0 Å².